The number of aliphatic carboxylic acids is 1. The van der Waals surface area contributed by atoms with Crippen molar-refractivity contribution in [1.29, 1.82) is 0 Å². The molecule has 22 heavy (non-hydrogen) atoms. The number of carboxylic acids is 1. The van der Waals surface area contributed by atoms with Crippen LogP contribution in [0, 0.1) is 0 Å². The van der Waals surface area contributed by atoms with Crippen LogP contribution in [0.5, 0.6) is 5.75 Å². The molecule has 2 aromatic carbocycles. The van der Waals surface area contributed by atoms with Gasteiger partial charge in [0.1, 0.15) is 17.6 Å². The highest BCUT2D eigenvalue weighted by Crippen LogP contribution is 2.30. The van der Waals surface area contributed by atoms with Crippen molar-refractivity contribution in [3.05, 3.63) is 48.5 Å². The summed E-state index contributed by atoms with van der Waals surface area (Å²) < 4.78 is 1.75. The van der Waals surface area contributed by atoms with Crippen LogP contribution in [-0.2, 0) is 4.79 Å². The number of benzene rings is 2. The minimum Gasteiger partial charge on any atom is -0.508 e. The SMILES string of the molecule is CCC(C(=O)O)n1c(-c2ccc(O)cc2)nc2ccccc21. The second-order valence-corrected chi connectivity index (χ2v) is 5.10. The lowest BCUT2D eigenvalue weighted by molar-refractivity contribution is -0.140. The maximum Gasteiger partial charge on any atom is 0.326 e. The Bertz CT molecular complexity index is 822. The number of aromatic nitrogens is 2. The minimum atomic E-state index is -0.884. The van der Waals surface area contributed by atoms with Crippen LogP contribution in [0.15, 0.2) is 48.5 Å². The number of phenols is 1. The van der Waals surface area contributed by atoms with Crippen LogP contribution in [0.25, 0.3) is 22.4 Å². The largest absolute Gasteiger partial charge is 0.508 e. The van der Waals surface area contributed by atoms with E-state index in [-0.39, 0.29) is 5.75 Å². The van der Waals surface area contributed by atoms with E-state index in [4.69, 9.17) is 0 Å². The monoisotopic (exact) mass is 296 g/mol. The predicted octanol–water partition coefficient (Wildman–Crippen LogP) is 3.44. The van der Waals surface area contributed by atoms with E-state index < -0.39 is 12.0 Å². The first kappa shape index (κ1) is 14.1. The molecular formula is C17H16N2O3. The zero-order valence-corrected chi connectivity index (χ0v) is 12.1. The van der Waals surface area contributed by atoms with Gasteiger partial charge in [-0.2, -0.15) is 0 Å². The van der Waals surface area contributed by atoms with Crippen LogP contribution >= 0.6 is 0 Å². The molecule has 1 aromatic heterocycles. The number of imidazole rings is 1. The fraction of sp³-hybridized carbons (Fsp3) is 0.176. The number of hydrogen-bond acceptors (Lipinski definition) is 3. The van der Waals surface area contributed by atoms with Crippen LogP contribution in [0.4, 0.5) is 0 Å². The maximum absolute atomic E-state index is 11.6. The third kappa shape index (κ3) is 2.30. The Labute approximate surface area is 127 Å². The van der Waals surface area contributed by atoms with Gasteiger partial charge in [0.25, 0.3) is 0 Å². The second kappa shape index (κ2) is 5.52. The van der Waals surface area contributed by atoms with Gasteiger partial charge in [-0.3, -0.25) is 0 Å². The molecule has 1 atom stereocenters. The molecule has 3 rings (SSSR count). The molecule has 0 bridgehead atoms. The summed E-state index contributed by atoms with van der Waals surface area (Å²) in [6.07, 6.45) is 0.459. The molecule has 1 unspecified atom stereocenters. The number of carbonyl (C=O) groups is 1. The van der Waals surface area contributed by atoms with Crippen molar-refractivity contribution in [2.75, 3.05) is 0 Å². The third-order valence-corrected chi connectivity index (χ3v) is 3.70. The summed E-state index contributed by atoms with van der Waals surface area (Å²) in [6.45, 7) is 1.84. The molecule has 0 aliphatic rings. The molecule has 0 fully saturated rings. The van der Waals surface area contributed by atoms with Gasteiger partial charge in [0, 0.05) is 5.56 Å². The van der Waals surface area contributed by atoms with Crippen molar-refractivity contribution in [2.24, 2.45) is 0 Å². The van der Waals surface area contributed by atoms with Gasteiger partial charge in [-0.25, -0.2) is 9.78 Å². The van der Waals surface area contributed by atoms with Crippen LogP contribution in [-0.4, -0.2) is 25.7 Å². The smallest absolute Gasteiger partial charge is 0.326 e. The number of fused-ring (bicyclic) bond motifs is 1. The van der Waals surface area contributed by atoms with Crippen LogP contribution < -0.4 is 0 Å². The molecular weight excluding hydrogens is 280 g/mol. The summed E-state index contributed by atoms with van der Waals surface area (Å²) in [4.78, 5) is 16.2. The second-order valence-electron chi connectivity index (χ2n) is 5.10. The topological polar surface area (TPSA) is 75.3 Å². The summed E-state index contributed by atoms with van der Waals surface area (Å²) >= 11 is 0. The Kier molecular flexibility index (Phi) is 3.55. The molecule has 2 N–H and O–H groups in total. The highest BCUT2D eigenvalue weighted by molar-refractivity contribution is 5.84. The van der Waals surface area contributed by atoms with Gasteiger partial charge in [-0.1, -0.05) is 19.1 Å². The lowest BCUT2D eigenvalue weighted by atomic mass is 10.1. The van der Waals surface area contributed by atoms with Crippen LogP contribution in [0.3, 0.4) is 0 Å². The summed E-state index contributed by atoms with van der Waals surface area (Å²) in [5.74, 6) is -0.127. The molecule has 5 nitrogen and oxygen atoms in total. The van der Waals surface area contributed by atoms with E-state index in [2.05, 4.69) is 4.98 Å². The van der Waals surface area contributed by atoms with Crippen molar-refractivity contribution in [1.82, 2.24) is 9.55 Å². The number of carboxylic acid groups (broad SMARTS) is 1. The van der Waals surface area contributed by atoms with Gasteiger partial charge >= 0.3 is 5.97 Å². The molecule has 0 spiro atoms. The molecule has 0 aliphatic heterocycles. The number of nitrogens with zero attached hydrogens (tertiary/aromatic N) is 2. The van der Waals surface area contributed by atoms with Gasteiger partial charge in [0.2, 0.25) is 0 Å². The summed E-state index contributed by atoms with van der Waals surface area (Å²) in [6, 6.07) is 13.4. The standard InChI is InChI=1S/C17H16N2O3/c1-2-14(17(21)22)19-15-6-4-3-5-13(15)18-16(19)11-7-9-12(20)10-8-11/h3-10,14,20H,2H2,1H3,(H,21,22). The highest BCUT2D eigenvalue weighted by Gasteiger charge is 2.24. The van der Waals surface area contributed by atoms with Gasteiger partial charge in [-0.15, -0.1) is 0 Å². The zero-order chi connectivity index (χ0) is 15.7. The third-order valence-electron chi connectivity index (χ3n) is 3.70. The van der Waals surface area contributed by atoms with Crippen molar-refractivity contribution >= 4 is 17.0 Å². The Morgan fingerprint density at radius 3 is 2.50 bits per heavy atom. The molecule has 1 heterocycles. The fourth-order valence-corrected chi connectivity index (χ4v) is 2.64. The first-order valence-electron chi connectivity index (χ1n) is 7.11. The average Bonchev–Trinajstić information content (AvgIpc) is 2.88. The van der Waals surface area contributed by atoms with Gasteiger partial charge in [0.05, 0.1) is 11.0 Å². The van der Waals surface area contributed by atoms with Gasteiger partial charge < -0.3 is 14.8 Å². The van der Waals surface area contributed by atoms with Crippen molar-refractivity contribution in [3.63, 3.8) is 0 Å². The molecule has 0 saturated heterocycles. The van der Waals surface area contributed by atoms with Crippen molar-refractivity contribution < 1.29 is 15.0 Å². The first-order valence-corrected chi connectivity index (χ1v) is 7.11. The van der Waals surface area contributed by atoms with E-state index in [0.29, 0.717) is 12.2 Å². The predicted molar refractivity (Wildman–Crippen MR) is 83.8 cm³/mol. The number of aromatic hydroxyl groups is 1. The Hall–Kier alpha value is -2.82. The van der Waals surface area contributed by atoms with Crippen LogP contribution in [0.2, 0.25) is 0 Å². The minimum absolute atomic E-state index is 0.164. The highest BCUT2D eigenvalue weighted by atomic mass is 16.4. The van der Waals surface area contributed by atoms with Gasteiger partial charge in [-0.05, 0) is 42.8 Å². The molecule has 3 aromatic rings. The Balaban J connectivity index is 2.29. The quantitative estimate of drug-likeness (QED) is 0.773. The first-order chi connectivity index (χ1) is 10.6. The molecule has 0 amide bonds. The molecule has 0 saturated carbocycles. The Morgan fingerprint density at radius 2 is 1.86 bits per heavy atom. The Morgan fingerprint density at radius 1 is 1.18 bits per heavy atom. The van der Waals surface area contributed by atoms with E-state index in [9.17, 15) is 15.0 Å². The van der Waals surface area contributed by atoms with E-state index in [1.54, 1.807) is 28.8 Å². The number of rotatable bonds is 4. The fourth-order valence-electron chi connectivity index (χ4n) is 2.64. The van der Waals surface area contributed by atoms with Crippen molar-refractivity contribution in [2.45, 2.75) is 19.4 Å². The molecule has 0 radical (unpaired) electrons. The number of para-hydroxylation sites is 2. The summed E-state index contributed by atoms with van der Waals surface area (Å²) in [5.41, 5.74) is 2.32. The molecule has 0 aliphatic carbocycles. The van der Waals surface area contributed by atoms with E-state index in [1.807, 2.05) is 31.2 Å². The lowest BCUT2D eigenvalue weighted by Gasteiger charge is -2.16. The van der Waals surface area contributed by atoms with E-state index in [0.717, 1.165) is 16.6 Å². The molecule has 5 heteroatoms. The van der Waals surface area contributed by atoms with E-state index >= 15 is 0 Å². The molecule has 112 valence electrons. The summed E-state index contributed by atoms with van der Waals surface area (Å²) in [7, 11) is 0. The van der Waals surface area contributed by atoms with E-state index in [1.165, 1.54) is 0 Å². The number of hydrogen-bond donors (Lipinski definition) is 2. The number of phenolic OH excluding ortho intramolecular Hbond substituents is 1. The maximum atomic E-state index is 11.6. The van der Waals surface area contributed by atoms with Crippen molar-refractivity contribution in [3.8, 4) is 17.1 Å². The van der Waals surface area contributed by atoms with Crippen LogP contribution in [0.1, 0.15) is 19.4 Å². The zero-order valence-electron chi connectivity index (χ0n) is 12.1. The average molecular weight is 296 g/mol. The lowest BCUT2D eigenvalue weighted by Crippen LogP contribution is -2.19. The summed E-state index contributed by atoms with van der Waals surface area (Å²) in [5, 5.41) is 19.0. The van der Waals surface area contributed by atoms with Gasteiger partial charge in [0.15, 0.2) is 0 Å². The normalized spacial score (nSPS) is 12.4.